The molecular weight excluding hydrogens is 400 g/mol. The number of rotatable bonds is 6. The molecule has 9 heteroatoms. The molecule has 0 saturated carbocycles. The fourth-order valence-corrected chi connectivity index (χ4v) is 5.39. The highest BCUT2D eigenvalue weighted by atomic mass is 32.2. The number of amidine groups is 1. The second-order valence-electron chi connectivity index (χ2n) is 8.12. The molecule has 0 aromatic heterocycles. The molecule has 0 radical (unpaired) electrons. The van der Waals surface area contributed by atoms with Gasteiger partial charge in [-0.1, -0.05) is 36.4 Å². The van der Waals surface area contributed by atoms with Crippen molar-refractivity contribution in [3.63, 3.8) is 0 Å². The highest BCUT2D eigenvalue weighted by Gasteiger charge is 2.33. The second-order valence-corrected chi connectivity index (χ2v) is 9.65. The summed E-state index contributed by atoms with van der Waals surface area (Å²) in [4.78, 5) is -0.0991. The highest BCUT2D eigenvalue weighted by molar-refractivity contribution is 7.89. The minimum atomic E-state index is -3.98. The van der Waals surface area contributed by atoms with Gasteiger partial charge in [0.15, 0.2) is 5.84 Å². The molecule has 2 atom stereocenters. The van der Waals surface area contributed by atoms with Gasteiger partial charge in [-0.2, -0.15) is 5.10 Å². The molecule has 2 aliphatic heterocycles. The molecule has 2 unspecified atom stereocenters. The quantitative estimate of drug-likeness (QED) is 0.200. The van der Waals surface area contributed by atoms with Crippen LogP contribution in [-0.4, -0.2) is 32.4 Å². The van der Waals surface area contributed by atoms with Crippen LogP contribution in [0.5, 0.6) is 0 Å². The molecule has 0 amide bonds. The van der Waals surface area contributed by atoms with E-state index in [2.05, 4.69) is 15.7 Å². The molecule has 2 aliphatic rings. The van der Waals surface area contributed by atoms with Gasteiger partial charge >= 0.3 is 0 Å². The number of primary sulfonamides is 1. The Hall–Kier alpha value is -2.46. The zero-order chi connectivity index (χ0) is 21.3. The van der Waals surface area contributed by atoms with Gasteiger partial charge in [-0.25, -0.2) is 13.6 Å². The number of nitrogens with one attached hydrogen (secondary N) is 2. The van der Waals surface area contributed by atoms with Crippen molar-refractivity contribution >= 4 is 15.9 Å². The van der Waals surface area contributed by atoms with Crippen LogP contribution in [0.1, 0.15) is 36.8 Å². The van der Waals surface area contributed by atoms with Crippen molar-refractivity contribution in [2.24, 2.45) is 21.8 Å². The third kappa shape index (κ3) is 4.34. The van der Waals surface area contributed by atoms with Crippen molar-refractivity contribution in [3.05, 3.63) is 53.6 Å². The second kappa shape index (κ2) is 8.35. The Morgan fingerprint density at radius 2 is 1.77 bits per heavy atom. The first-order valence-electron chi connectivity index (χ1n) is 10.1. The summed E-state index contributed by atoms with van der Waals surface area (Å²) in [6.07, 6.45) is 4.92. The summed E-state index contributed by atoms with van der Waals surface area (Å²) in [6, 6.07) is 14.6. The molecular formula is C21H28N6O2S. The first kappa shape index (κ1) is 20.8. The predicted molar refractivity (Wildman–Crippen MR) is 118 cm³/mol. The SMILES string of the molecule is N/N=C(\N)c1c(-c2ccc(CNC3CC4CCC(C3)N4)cc2)cccc1S(N)(=O)=O. The topological polar surface area (TPSA) is 149 Å². The third-order valence-electron chi connectivity index (χ3n) is 6.06. The Balaban J connectivity index is 1.54. The Labute approximate surface area is 177 Å². The van der Waals surface area contributed by atoms with Gasteiger partial charge in [0.2, 0.25) is 10.0 Å². The summed E-state index contributed by atoms with van der Waals surface area (Å²) < 4.78 is 24.0. The number of nitrogens with zero attached hydrogens (tertiary/aromatic N) is 1. The molecule has 0 spiro atoms. The average molecular weight is 429 g/mol. The van der Waals surface area contributed by atoms with E-state index >= 15 is 0 Å². The Morgan fingerprint density at radius 3 is 2.37 bits per heavy atom. The molecule has 8 nitrogen and oxygen atoms in total. The maximum Gasteiger partial charge on any atom is 0.238 e. The monoisotopic (exact) mass is 428 g/mol. The fraction of sp³-hybridized carbons (Fsp3) is 0.381. The Morgan fingerprint density at radius 1 is 1.10 bits per heavy atom. The lowest BCUT2D eigenvalue weighted by atomic mass is 9.97. The molecule has 2 fully saturated rings. The van der Waals surface area contributed by atoms with Gasteiger partial charge in [0.25, 0.3) is 0 Å². The lowest BCUT2D eigenvalue weighted by molar-refractivity contribution is 0.316. The normalized spacial score (nSPS) is 24.2. The Bertz CT molecular complexity index is 1040. The third-order valence-corrected chi connectivity index (χ3v) is 7.01. The van der Waals surface area contributed by atoms with Gasteiger partial charge in [-0.15, -0.1) is 0 Å². The van der Waals surface area contributed by atoms with Gasteiger partial charge in [-0.05, 0) is 48.4 Å². The molecule has 2 heterocycles. The summed E-state index contributed by atoms with van der Waals surface area (Å²) in [6.45, 7) is 0.793. The Kier molecular flexibility index (Phi) is 5.79. The molecule has 30 heavy (non-hydrogen) atoms. The molecule has 2 aromatic rings. The number of nitrogens with two attached hydrogens (primary N) is 3. The van der Waals surface area contributed by atoms with Crippen molar-refractivity contribution in [2.45, 2.75) is 55.2 Å². The van der Waals surface area contributed by atoms with Crippen molar-refractivity contribution in [1.82, 2.24) is 10.6 Å². The molecule has 8 N–H and O–H groups in total. The fourth-order valence-electron chi connectivity index (χ4n) is 4.63. The van der Waals surface area contributed by atoms with E-state index in [0.717, 1.165) is 17.7 Å². The molecule has 4 rings (SSSR count). The predicted octanol–water partition coefficient (Wildman–Crippen LogP) is 0.953. The molecule has 2 aromatic carbocycles. The number of fused-ring (bicyclic) bond motifs is 2. The van der Waals surface area contributed by atoms with Crippen molar-refractivity contribution in [1.29, 1.82) is 0 Å². The lowest BCUT2D eigenvalue weighted by Crippen LogP contribution is -2.46. The van der Waals surface area contributed by atoms with Crippen LogP contribution >= 0.6 is 0 Å². The number of sulfonamides is 1. The average Bonchev–Trinajstić information content (AvgIpc) is 3.08. The summed E-state index contributed by atoms with van der Waals surface area (Å²) in [5, 5.41) is 16.2. The van der Waals surface area contributed by atoms with E-state index in [1.807, 2.05) is 24.3 Å². The first-order chi connectivity index (χ1) is 14.3. The maximum atomic E-state index is 12.0. The van der Waals surface area contributed by atoms with Crippen molar-refractivity contribution < 1.29 is 8.42 Å². The largest absolute Gasteiger partial charge is 0.382 e. The molecule has 0 aliphatic carbocycles. The van der Waals surface area contributed by atoms with Crippen LogP contribution in [0.15, 0.2) is 52.5 Å². The van der Waals surface area contributed by atoms with Crippen LogP contribution in [0.25, 0.3) is 11.1 Å². The van der Waals surface area contributed by atoms with Gasteiger partial charge < -0.3 is 22.2 Å². The zero-order valence-corrected chi connectivity index (χ0v) is 17.5. The minimum Gasteiger partial charge on any atom is -0.382 e. The van der Waals surface area contributed by atoms with Crippen LogP contribution in [0.2, 0.25) is 0 Å². The summed E-state index contributed by atoms with van der Waals surface area (Å²) in [5.41, 5.74) is 8.71. The van der Waals surface area contributed by atoms with Crippen molar-refractivity contribution in [2.75, 3.05) is 0 Å². The van der Waals surface area contributed by atoms with E-state index in [1.165, 1.54) is 31.7 Å². The van der Waals surface area contributed by atoms with E-state index in [9.17, 15) is 8.42 Å². The smallest absolute Gasteiger partial charge is 0.238 e. The van der Waals surface area contributed by atoms with Gasteiger partial charge in [-0.3, -0.25) is 0 Å². The number of hydrazone groups is 1. The van der Waals surface area contributed by atoms with Gasteiger partial charge in [0.05, 0.1) is 4.90 Å². The van der Waals surface area contributed by atoms with Gasteiger partial charge in [0, 0.05) is 30.2 Å². The van der Waals surface area contributed by atoms with Crippen molar-refractivity contribution in [3.8, 4) is 11.1 Å². The lowest BCUT2D eigenvalue weighted by Gasteiger charge is -2.29. The van der Waals surface area contributed by atoms with E-state index in [-0.39, 0.29) is 16.3 Å². The number of hydrogen-bond acceptors (Lipinski definition) is 6. The van der Waals surface area contributed by atoms with Crippen LogP contribution in [-0.2, 0) is 16.6 Å². The molecule has 2 saturated heterocycles. The molecule has 2 bridgehead atoms. The summed E-state index contributed by atoms with van der Waals surface area (Å²) in [7, 11) is -3.98. The minimum absolute atomic E-state index is 0.0825. The number of benzene rings is 2. The van der Waals surface area contributed by atoms with Crippen LogP contribution in [0.3, 0.4) is 0 Å². The zero-order valence-electron chi connectivity index (χ0n) is 16.7. The summed E-state index contributed by atoms with van der Waals surface area (Å²) in [5.74, 6) is 5.25. The standard InChI is InChI=1S/C21H28N6O2S/c22-21(27-23)20-18(2-1-3-19(20)30(24,28)29)14-6-4-13(5-7-14)12-25-17-10-15-8-9-16(11-17)26-15/h1-7,15-17,25-26H,8-12,23H2,(H2,22,27)(H2,24,28,29). The molecule has 160 valence electrons. The van der Waals surface area contributed by atoms with Crippen LogP contribution < -0.4 is 27.3 Å². The number of hydrogen-bond donors (Lipinski definition) is 5. The van der Waals surface area contributed by atoms with E-state index in [0.29, 0.717) is 23.7 Å². The number of piperidine rings is 1. The van der Waals surface area contributed by atoms with E-state index < -0.39 is 10.0 Å². The van der Waals surface area contributed by atoms with Gasteiger partial charge in [0.1, 0.15) is 0 Å². The van der Waals surface area contributed by atoms with Crippen LogP contribution in [0.4, 0.5) is 0 Å². The van der Waals surface area contributed by atoms with E-state index in [1.54, 1.807) is 12.1 Å². The summed E-state index contributed by atoms with van der Waals surface area (Å²) >= 11 is 0. The highest BCUT2D eigenvalue weighted by Crippen LogP contribution is 2.29. The van der Waals surface area contributed by atoms with Crippen LogP contribution in [0, 0.1) is 0 Å². The maximum absolute atomic E-state index is 12.0. The van der Waals surface area contributed by atoms with E-state index in [4.69, 9.17) is 16.7 Å². The first-order valence-corrected chi connectivity index (χ1v) is 11.7.